The van der Waals surface area contributed by atoms with E-state index in [-0.39, 0.29) is 16.8 Å². The molecule has 0 radical (unpaired) electrons. The first-order chi connectivity index (χ1) is 14.2. The number of anilines is 2. The van der Waals surface area contributed by atoms with Crippen molar-refractivity contribution in [2.75, 3.05) is 10.6 Å². The quantitative estimate of drug-likeness (QED) is 0.504. The number of carbonyl (C=O) groups is 1. The summed E-state index contributed by atoms with van der Waals surface area (Å²) in [4.78, 5) is 17.1. The molecule has 0 saturated heterocycles. The SMILES string of the molecule is CCc1nc2cc(NC(C)C(=O)Nc3ccc(S(=O)(=O)NC(C)C)cc3)ccc2o1. The molecule has 0 aliphatic rings. The molecule has 3 aromatic rings. The first kappa shape index (κ1) is 21.8. The highest BCUT2D eigenvalue weighted by molar-refractivity contribution is 7.89. The molecule has 1 unspecified atom stereocenters. The molecule has 9 heteroatoms. The predicted molar refractivity (Wildman–Crippen MR) is 117 cm³/mol. The molecule has 1 aromatic heterocycles. The number of benzene rings is 2. The van der Waals surface area contributed by atoms with Crippen molar-refractivity contribution < 1.29 is 17.6 Å². The van der Waals surface area contributed by atoms with E-state index in [4.69, 9.17) is 4.42 Å². The summed E-state index contributed by atoms with van der Waals surface area (Å²) in [6, 6.07) is 10.8. The molecule has 1 amide bonds. The van der Waals surface area contributed by atoms with Crippen LogP contribution in [0.15, 0.2) is 51.8 Å². The van der Waals surface area contributed by atoms with Crippen LogP contribution in [0.2, 0.25) is 0 Å². The van der Waals surface area contributed by atoms with E-state index in [9.17, 15) is 13.2 Å². The number of nitrogens with one attached hydrogen (secondary N) is 3. The molecule has 2 aromatic carbocycles. The van der Waals surface area contributed by atoms with Crippen LogP contribution in [-0.4, -0.2) is 31.4 Å². The van der Waals surface area contributed by atoms with E-state index in [0.29, 0.717) is 23.6 Å². The van der Waals surface area contributed by atoms with Crippen LogP contribution in [0.1, 0.15) is 33.6 Å². The number of aromatic nitrogens is 1. The second kappa shape index (κ2) is 8.85. The zero-order chi connectivity index (χ0) is 21.9. The Morgan fingerprint density at radius 2 is 1.73 bits per heavy atom. The number of aryl methyl sites for hydroxylation is 1. The van der Waals surface area contributed by atoms with E-state index in [1.165, 1.54) is 12.1 Å². The topological polar surface area (TPSA) is 113 Å². The fourth-order valence-corrected chi connectivity index (χ4v) is 4.13. The summed E-state index contributed by atoms with van der Waals surface area (Å²) in [5.74, 6) is 0.419. The number of fused-ring (bicyclic) bond motifs is 1. The Labute approximate surface area is 176 Å². The molecular formula is C21H26N4O4S. The lowest BCUT2D eigenvalue weighted by Gasteiger charge is -2.15. The van der Waals surface area contributed by atoms with Crippen LogP contribution < -0.4 is 15.4 Å². The molecule has 0 aliphatic heterocycles. The minimum atomic E-state index is -3.57. The number of hydrogen-bond donors (Lipinski definition) is 3. The summed E-state index contributed by atoms with van der Waals surface area (Å²) >= 11 is 0. The van der Waals surface area contributed by atoms with Crippen LogP contribution in [0.25, 0.3) is 11.1 Å². The maximum atomic E-state index is 12.5. The Kier molecular flexibility index (Phi) is 6.42. The van der Waals surface area contributed by atoms with Crippen molar-refractivity contribution in [1.82, 2.24) is 9.71 Å². The van der Waals surface area contributed by atoms with Gasteiger partial charge in [0.1, 0.15) is 11.6 Å². The largest absolute Gasteiger partial charge is 0.441 e. The summed E-state index contributed by atoms with van der Waals surface area (Å²) in [6.45, 7) is 7.22. The van der Waals surface area contributed by atoms with E-state index >= 15 is 0 Å². The average molecular weight is 431 g/mol. The van der Waals surface area contributed by atoms with Gasteiger partial charge in [-0.2, -0.15) is 0 Å². The van der Waals surface area contributed by atoms with Crippen LogP contribution in [0, 0.1) is 0 Å². The zero-order valence-corrected chi connectivity index (χ0v) is 18.2. The number of nitrogens with zero attached hydrogens (tertiary/aromatic N) is 1. The number of amides is 1. The maximum absolute atomic E-state index is 12.5. The van der Waals surface area contributed by atoms with Crippen LogP contribution in [0.5, 0.6) is 0 Å². The predicted octanol–water partition coefficient (Wildman–Crippen LogP) is 3.52. The van der Waals surface area contributed by atoms with Crippen LogP contribution in [-0.2, 0) is 21.2 Å². The maximum Gasteiger partial charge on any atom is 0.246 e. The number of carbonyl (C=O) groups excluding carboxylic acids is 1. The molecule has 3 rings (SSSR count). The van der Waals surface area contributed by atoms with Gasteiger partial charge in [-0.15, -0.1) is 0 Å². The lowest BCUT2D eigenvalue weighted by Crippen LogP contribution is -2.32. The van der Waals surface area contributed by atoms with Gasteiger partial charge in [-0.25, -0.2) is 18.1 Å². The monoisotopic (exact) mass is 430 g/mol. The first-order valence-electron chi connectivity index (χ1n) is 9.77. The van der Waals surface area contributed by atoms with Gasteiger partial charge in [-0.1, -0.05) is 6.92 Å². The van der Waals surface area contributed by atoms with Crippen molar-refractivity contribution in [3.63, 3.8) is 0 Å². The van der Waals surface area contributed by atoms with Crippen molar-refractivity contribution in [1.29, 1.82) is 0 Å². The molecule has 0 spiro atoms. The van der Waals surface area contributed by atoms with Crippen molar-refractivity contribution in [2.24, 2.45) is 0 Å². The summed E-state index contributed by atoms with van der Waals surface area (Å²) in [7, 11) is -3.57. The fraction of sp³-hybridized carbons (Fsp3) is 0.333. The lowest BCUT2D eigenvalue weighted by molar-refractivity contribution is -0.116. The highest BCUT2D eigenvalue weighted by Crippen LogP contribution is 2.21. The number of rotatable bonds is 8. The Morgan fingerprint density at radius 1 is 1.07 bits per heavy atom. The molecule has 160 valence electrons. The summed E-state index contributed by atoms with van der Waals surface area (Å²) < 4.78 is 32.5. The highest BCUT2D eigenvalue weighted by Gasteiger charge is 2.17. The van der Waals surface area contributed by atoms with Gasteiger partial charge in [0, 0.05) is 23.8 Å². The number of oxazole rings is 1. The van der Waals surface area contributed by atoms with Crippen LogP contribution in [0.3, 0.4) is 0 Å². The fourth-order valence-electron chi connectivity index (χ4n) is 2.88. The van der Waals surface area contributed by atoms with Gasteiger partial charge < -0.3 is 15.1 Å². The van der Waals surface area contributed by atoms with E-state index < -0.39 is 16.1 Å². The summed E-state index contributed by atoms with van der Waals surface area (Å²) in [5, 5.41) is 5.92. The highest BCUT2D eigenvalue weighted by atomic mass is 32.2. The zero-order valence-electron chi connectivity index (χ0n) is 17.4. The normalized spacial score (nSPS) is 12.8. The summed E-state index contributed by atoms with van der Waals surface area (Å²) in [5.41, 5.74) is 2.70. The second-order valence-electron chi connectivity index (χ2n) is 7.30. The third-order valence-corrected chi connectivity index (χ3v) is 6.01. The molecule has 0 aliphatic carbocycles. The third-order valence-electron chi connectivity index (χ3n) is 4.33. The Morgan fingerprint density at radius 3 is 2.37 bits per heavy atom. The second-order valence-corrected chi connectivity index (χ2v) is 9.01. The first-order valence-corrected chi connectivity index (χ1v) is 11.3. The van der Waals surface area contributed by atoms with Crippen molar-refractivity contribution >= 4 is 38.4 Å². The molecular weight excluding hydrogens is 404 g/mol. The average Bonchev–Trinajstić information content (AvgIpc) is 3.10. The van der Waals surface area contributed by atoms with Gasteiger partial charge in [0.2, 0.25) is 15.9 Å². The number of sulfonamides is 1. The smallest absolute Gasteiger partial charge is 0.246 e. The van der Waals surface area contributed by atoms with E-state index in [2.05, 4.69) is 20.3 Å². The van der Waals surface area contributed by atoms with Gasteiger partial charge in [0.25, 0.3) is 0 Å². The molecule has 0 fully saturated rings. The minimum Gasteiger partial charge on any atom is -0.441 e. The standard InChI is InChI=1S/C21H26N4O4S/c1-5-20-24-18-12-16(8-11-19(18)29-20)22-14(4)21(26)23-15-6-9-17(10-7-15)30(27,28)25-13(2)3/h6-14,22,25H,5H2,1-4H3,(H,23,26). The molecule has 1 atom stereocenters. The van der Waals surface area contributed by atoms with Gasteiger partial charge >= 0.3 is 0 Å². The van der Waals surface area contributed by atoms with Gasteiger partial charge in [-0.3, -0.25) is 4.79 Å². The Balaban J connectivity index is 1.64. The third kappa shape index (κ3) is 5.17. The van der Waals surface area contributed by atoms with Crippen LogP contribution >= 0.6 is 0 Å². The van der Waals surface area contributed by atoms with Crippen molar-refractivity contribution in [3.05, 3.63) is 48.4 Å². The molecule has 30 heavy (non-hydrogen) atoms. The minimum absolute atomic E-state index is 0.146. The van der Waals surface area contributed by atoms with Crippen molar-refractivity contribution in [2.45, 2.75) is 51.1 Å². The van der Waals surface area contributed by atoms with Crippen LogP contribution in [0.4, 0.5) is 11.4 Å². The molecule has 0 saturated carbocycles. The number of hydrogen-bond acceptors (Lipinski definition) is 6. The molecule has 3 N–H and O–H groups in total. The lowest BCUT2D eigenvalue weighted by atomic mass is 10.2. The Bertz CT molecular complexity index is 1140. The molecule has 8 nitrogen and oxygen atoms in total. The molecule has 0 bridgehead atoms. The van der Waals surface area contributed by atoms with Crippen molar-refractivity contribution in [3.8, 4) is 0 Å². The van der Waals surface area contributed by atoms with E-state index in [1.54, 1.807) is 32.9 Å². The van der Waals surface area contributed by atoms with E-state index in [0.717, 1.165) is 11.2 Å². The van der Waals surface area contributed by atoms with E-state index in [1.807, 2.05) is 25.1 Å². The Hall–Kier alpha value is -2.91. The van der Waals surface area contributed by atoms with Gasteiger partial charge in [0.15, 0.2) is 11.5 Å². The summed E-state index contributed by atoms with van der Waals surface area (Å²) in [6.07, 6.45) is 0.712. The van der Waals surface area contributed by atoms with Gasteiger partial charge in [-0.05, 0) is 63.2 Å². The van der Waals surface area contributed by atoms with Gasteiger partial charge in [0.05, 0.1) is 4.90 Å². The molecule has 1 heterocycles.